The Morgan fingerprint density at radius 2 is 1.92 bits per heavy atom. The van der Waals surface area contributed by atoms with Crippen LogP contribution < -0.4 is 10.6 Å². The molecule has 0 aliphatic carbocycles. The maximum absolute atomic E-state index is 12.5. The zero-order chi connectivity index (χ0) is 18.5. The summed E-state index contributed by atoms with van der Waals surface area (Å²) in [5.41, 5.74) is 1.82. The molecule has 7 heteroatoms. The third kappa shape index (κ3) is 4.22. The molecule has 2 aromatic heterocycles. The second kappa shape index (κ2) is 8.31. The van der Waals surface area contributed by atoms with Crippen LogP contribution >= 0.6 is 15.9 Å². The molecular weight excluding hydrogens is 394 g/mol. The van der Waals surface area contributed by atoms with Crippen LogP contribution in [0.3, 0.4) is 0 Å². The zero-order valence-electron chi connectivity index (χ0n) is 14.8. The molecule has 0 radical (unpaired) electrons. The number of amides is 2. The second-order valence-electron chi connectivity index (χ2n) is 6.22. The fraction of sp³-hybridized carbons (Fsp3) is 0.316. The molecule has 0 spiro atoms. The van der Waals surface area contributed by atoms with Crippen LogP contribution in [0.15, 0.2) is 53.1 Å². The van der Waals surface area contributed by atoms with E-state index in [0.717, 1.165) is 34.3 Å². The topological polar surface area (TPSA) is 71.3 Å². The van der Waals surface area contributed by atoms with Crippen molar-refractivity contribution in [3.8, 4) is 0 Å². The van der Waals surface area contributed by atoms with Gasteiger partial charge in [0.25, 0.3) is 0 Å². The van der Waals surface area contributed by atoms with Gasteiger partial charge in [-0.25, -0.2) is 4.79 Å². The Morgan fingerprint density at radius 3 is 2.65 bits per heavy atom. The van der Waals surface area contributed by atoms with Gasteiger partial charge in [0.05, 0.1) is 12.1 Å². The predicted molar refractivity (Wildman–Crippen MR) is 105 cm³/mol. The van der Waals surface area contributed by atoms with Gasteiger partial charge >= 0.3 is 6.03 Å². The number of halogens is 1. The van der Waals surface area contributed by atoms with E-state index in [-0.39, 0.29) is 18.1 Å². The maximum atomic E-state index is 12.5. The minimum Gasteiger partial charge on any atom is -0.332 e. The molecule has 3 aromatic rings. The van der Waals surface area contributed by atoms with E-state index in [1.54, 1.807) is 0 Å². The number of aromatic nitrogens is 3. The molecule has 6 nitrogen and oxygen atoms in total. The number of urea groups is 1. The molecule has 0 saturated carbocycles. The number of nitrogens with one attached hydrogen (secondary N) is 2. The number of carbonyl (C=O) groups excluding carboxylic acids is 1. The van der Waals surface area contributed by atoms with Crippen LogP contribution in [0.5, 0.6) is 0 Å². The van der Waals surface area contributed by atoms with Crippen molar-refractivity contribution in [2.45, 2.75) is 38.8 Å². The van der Waals surface area contributed by atoms with Crippen LogP contribution in [-0.4, -0.2) is 20.6 Å². The van der Waals surface area contributed by atoms with Crippen molar-refractivity contribution in [1.82, 2.24) is 25.2 Å². The Morgan fingerprint density at radius 1 is 1.15 bits per heavy atom. The molecule has 2 amide bonds. The summed E-state index contributed by atoms with van der Waals surface area (Å²) >= 11 is 3.42. The number of fused-ring (bicyclic) bond motifs is 1. The van der Waals surface area contributed by atoms with Crippen molar-refractivity contribution in [3.05, 3.63) is 64.5 Å². The summed E-state index contributed by atoms with van der Waals surface area (Å²) in [6.07, 6.45) is 3.63. The fourth-order valence-electron chi connectivity index (χ4n) is 2.88. The Kier molecular flexibility index (Phi) is 5.88. The average Bonchev–Trinajstić information content (AvgIpc) is 3.06. The molecule has 2 heterocycles. The van der Waals surface area contributed by atoms with Gasteiger partial charge in [-0.1, -0.05) is 47.5 Å². The van der Waals surface area contributed by atoms with Crippen LogP contribution in [-0.2, 0) is 0 Å². The Labute approximate surface area is 161 Å². The van der Waals surface area contributed by atoms with E-state index in [2.05, 4.69) is 43.7 Å². The molecule has 26 heavy (non-hydrogen) atoms. The van der Waals surface area contributed by atoms with Gasteiger partial charge in [-0.3, -0.25) is 4.40 Å². The average molecular weight is 416 g/mol. The lowest BCUT2D eigenvalue weighted by Gasteiger charge is -2.20. The van der Waals surface area contributed by atoms with Crippen LogP contribution in [0.2, 0.25) is 0 Å². The molecule has 0 fully saturated rings. The minimum atomic E-state index is -0.216. The van der Waals surface area contributed by atoms with E-state index in [1.165, 1.54) is 0 Å². The quantitative estimate of drug-likeness (QED) is 0.626. The first-order valence-corrected chi connectivity index (χ1v) is 9.50. The number of nitrogens with zero attached hydrogens (tertiary/aromatic N) is 3. The summed E-state index contributed by atoms with van der Waals surface area (Å²) in [6.45, 7) is 4.05. The van der Waals surface area contributed by atoms with E-state index >= 15 is 0 Å². The molecule has 0 aliphatic rings. The number of benzene rings is 1. The molecule has 1 aromatic carbocycles. The highest BCUT2D eigenvalue weighted by Gasteiger charge is 2.20. The first-order valence-electron chi connectivity index (χ1n) is 8.70. The molecular formula is C19H22BrN5O. The first-order chi connectivity index (χ1) is 12.6. The van der Waals surface area contributed by atoms with Gasteiger partial charge in [-0.15, -0.1) is 10.2 Å². The van der Waals surface area contributed by atoms with Crippen molar-refractivity contribution in [1.29, 1.82) is 0 Å². The Bertz CT molecular complexity index is 877. The van der Waals surface area contributed by atoms with Crippen molar-refractivity contribution in [2.24, 2.45) is 0 Å². The number of hydrogen-bond acceptors (Lipinski definition) is 3. The van der Waals surface area contributed by atoms with Crippen molar-refractivity contribution in [3.63, 3.8) is 0 Å². The molecule has 0 saturated heterocycles. The SMILES string of the molecule is CCCC(NC(=O)NC(C)c1ccc(Br)cc1)c1nnc2ccccn12. The normalized spacial score (nSPS) is 13.3. The van der Waals surface area contributed by atoms with Gasteiger partial charge in [-0.05, 0) is 43.2 Å². The molecule has 2 unspecified atom stereocenters. The lowest BCUT2D eigenvalue weighted by Crippen LogP contribution is -2.39. The van der Waals surface area contributed by atoms with E-state index < -0.39 is 0 Å². The molecule has 2 atom stereocenters. The minimum absolute atomic E-state index is 0.0967. The fourth-order valence-corrected chi connectivity index (χ4v) is 3.15. The first kappa shape index (κ1) is 18.4. The third-order valence-electron chi connectivity index (χ3n) is 4.25. The molecule has 136 valence electrons. The highest BCUT2D eigenvalue weighted by atomic mass is 79.9. The summed E-state index contributed by atoms with van der Waals surface area (Å²) in [7, 11) is 0. The van der Waals surface area contributed by atoms with E-state index in [9.17, 15) is 4.79 Å². The Hall–Kier alpha value is -2.41. The zero-order valence-corrected chi connectivity index (χ0v) is 16.4. The Balaban J connectivity index is 1.71. The maximum Gasteiger partial charge on any atom is 0.315 e. The van der Waals surface area contributed by atoms with Gasteiger partial charge in [0, 0.05) is 10.7 Å². The molecule has 0 bridgehead atoms. The molecule has 3 rings (SSSR count). The summed E-state index contributed by atoms with van der Waals surface area (Å²) in [5.74, 6) is 0.744. The predicted octanol–water partition coefficient (Wildman–Crippen LogP) is 4.39. The highest BCUT2D eigenvalue weighted by molar-refractivity contribution is 9.10. The summed E-state index contributed by atoms with van der Waals surface area (Å²) in [4.78, 5) is 12.5. The smallest absolute Gasteiger partial charge is 0.315 e. The lowest BCUT2D eigenvalue weighted by molar-refractivity contribution is 0.232. The summed E-state index contributed by atoms with van der Waals surface area (Å²) in [5, 5.41) is 14.5. The summed E-state index contributed by atoms with van der Waals surface area (Å²) < 4.78 is 2.93. The van der Waals surface area contributed by atoms with Gasteiger partial charge in [0.1, 0.15) is 0 Å². The molecule has 2 N–H and O–H groups in total. The van der Waals surface area contributed by atoms with Crippen LogP contribution in [0.4, 0.5) is 4.79 Å². The second-order valence-corrected chi connectivity index (χ2v) is 7.14. The number of carbonyl (C=O) groups is 1. The van der Waals surface area contributed by atoms with Gasteiger partial charge in [0.15, 0.2) is 11.5 Å². The highest BCUT2D eigenvalue weighted by Crippen LogP contribution is 2.19. The van der Waals surface area contributed by atoms with Gasteiger partial charge < -0.3 is 10.6 Å². The number of hydrogen-bond donors (Lipinski definition) is 2. The van der Waals surface area contributed by atoms with Crippen LogP contribution in [0.1, 0.15) is 50.2 Å². The van der Waals surface area contributed by atoms with Crippen molar-refractivity contribution >= 4 is 27.6 Å². The van der Waals surface area contributed by atoms with Crippen molar-refractivity contribution in [2.75, 3.05) is 0 Å². The standard InChI is InChI=1S/C19H22BrN5O/c1-3-6-16(18-24-23-17-7-4-5-12-25(17)18)22-19(26)21-13(2)14-8-10-15(20)11-9-14/h4-5,7-13,16H,3,6H2,1-2H3,(H2,21,22,26). The van der Waals surface area contributed by atoms with E-state index in [1.807, 2.05) is 60.0 Å². The summed E-state index contributed by atoms with van der Waals surface area (Å²) in [6, 6.07) is 13.1. The van der Waals surface area contributed by atoms with Crippen LogP contribution in [0, 0.1) is 0 Å². The van der Waals surface area contributed by atoms with E-state index in [0.29, 0.717) is 0 Å². The largest absolute Gasteiger partial charge is 0.332 e. The number of rotatable bonds is 6. The monoisotopic (exact) mass is 415 g/mol. The van der Waals surface area contributed by atoms with Gasteiger partial charge in [-0.2, -0.15) is 0 Å². The third-order valence-corrected chi connectivity index (χ3v) is 4.78. The van der Waals surface area contributed by atoms with Gasteiger partial charge in [0.2, 0.25) is 0 Å². The van der Waals surface area contributed by atoms with Crippen molar-refractivity contribution < 1.29 is 4.79 Å². The lowest BCUT2D eigenvalue weighted by atomic mass is 10.1. The van der Waals surface area contributed by atoms with Crippen LogP contribution in [0.25, 0.3) is 5.65 Å². The van der Waals surface area contributed by atoms with E-state index in [4.69, 9.17) is 0 Å². The molecule has 0 aliphatic heterocycles. The number of pyridine rings is 1.